The van der Waals surface area contributed by atoms with Crippen LogP contribution >= 0.6 is 0 Å². The predicted molar refractivity (Wildman–Crippen MR) is 91.0 cm³/mol. The van der Waals surface area contributed by atoms with Crippen LogP contribution < -0.4 is 9.64 Å². The number of carbonyl (C=O) groups excluding carboxylic acids is 2. The second-order valence-electron chi connectivity index (χ2n) is 5.26. The Kier molecular flexibility index (Phi) is 5.52. The zero-order chi connectivity index (χ0) is 16.8. The Morgan fingerprint density at radius 3 is 2.39 bits per heavy atom. The van der Waals surface area contributed by atoms with E-state index in [0.29, 0.717) is 17.9 Å². The van der Waals surface area contributed by atoms with Gasteiger partial charge in [-0.1, -0.05) is 30.3 Å². The summed E-state index contributed by atoms with van der Waals surface area (Å²) in [7, 11) is 0. The van der Waals surface area contributed by atoms with Gasteiger partial charge < -0.3 is 9.64 Å². The molecule has 1 amide bonds. The quantitative estimate of drug-likeness (QED) is 0.764. The molecule has 0 N–H and O–H groups in total. The maximum absolute atomic E-state index is 12.6. The average Bonchev–Trinajstić information content (AvgIpc) is 2.56. The molecule has 0 aliphatic carbocycles. The number of hydrogen-bond donors (Lipinski definition) is 0. The molecule has 4 nitrogen and oxygen atoms in total. The first-order valence-corrected chi connectivity index (χ1v) is 7.67. The Hall–Kier alpha value is -2.62. The van der Waals surface area contributed by atoms with E-state index in [9.17, 15) is 9.59 Å². The van der Waals surface area contributed by atoms with Gasteiger partial charge in [0.2, 0.25) is 0 Å². The normalized spacial score (nSPS) is 11.6. The first-order chi connectivity index (χ1) is 11.0. The lowest BCUT2D eigenvalue weighted by molar-refractivity contribution is -0.124. The van der Waals surface area contributed by atoms with Gasteiger partial charge in [0.25, 0.3) is 5.91 Å². The minimum absolute atomic E-state index is 0.0334. The van der Waals surface area contributed by atoms with Crippen LogP contribution in [0.25, 0.3) is 0 Å². The fourth-order valence-corrected chi connectivity index (χ4v) is 2.34. The fraction of sp³-hybridized carbons (Fsp3) is 0.263. The molecule has 0 bridgehead atoms. The van der Waals surface area contributed by atoms with Gasteiger partial charge in [-0.15, -0.1) is 0 Å². The number of ether oxygens (including phenoxy) is 1. The highest BCUT2D eigenvalue weighted by Gasteiger charge is 2.22. The Morgan fingerprint density at radius 2 is 1.78 bits per heavy atom. The van der Waals surface area contributed by atoms with E-state index in [0.717, 1.165) is 5.69 Å². The Morgan fingerprint density at radius 1 is 1.09 bits per heavy atom. The number of rotatable bonds is 6. The molecule has 23 heavy (non-hydrogen) atoms. The van der Waals surface area contributed by atoms with E-state index in [1.807, 2.05) is 37.3 Å². The summed E-state index contributed by atoms with van der Waals surface area (Å²) in [5, 5.41) is 0. The highest BCUT2D eigenvalue weighted by molar-refractivity contribution is 5.96. The molecule has 0 heterocycles. The number of amides is 1. The topological polar surface area (TPSA) is 46.6 Å². The molecule has 0 fully saturated rings. The van der Waals surface area contributed by atoms with Crippen LogP contribution in [0.5, 0.6) is 5.75 Å². The highest BCUT2D eigenvalue weighted by Crippen LogP contribution is 2.19. The number of para-hydroxylation sites is 1. The molecule has 0 radical (unpaired) electrons. The molecule has 2 aromatic carbocycles. The van der Waals surface area contributed by atoms with Crippen molar-refractivity contribution in [3.05, 3.63) is 60.2 Å². The van der Waals surface area contributed by atoms with Crippen molar-refractivity contribution in [2.24, 2.45) is 0 Å². The summed E-state index contributed by atoms with van der Waals surface area (Å²) in [5.74, 6) is 0.364. The molecule has 0 aliphatic heterocycles. The van der Waals surface area contributed by atoms with Crippen LogP contribution in [0.3, 0.4) is 0 Å². The summed E-state index contributed by atoms with van der Waals surface area (Å²) in [6.07, 6.45) is -0.641. The molecule has 2 aromatic rings. The van der Waals surface area contributed by atoms with Gasteiger partial charge in [0.15, 0.2) is 11.9 Å². The van der Waals surface area contributed by atoms with Crippen LogP contribution in [0.1, 0.15) is 31.1 Å². The van der Waals surface area contributed by atoms with E-state index in [-0.39, 0.29) is 11.7 Å². The summed E-state index contributed by atoms with van der Waals surface area (Å²) in [4.78, 5) is 25.7. The second kappa shape index (κ2) is 7.58. The van der Waals surface area contributed by atoms with Crippen molar-refractivity contribution in [2.75, 3.05) is 11.4 Å². The zero-order valence-electron chi connectivity index (χ0n) is 13.7. The molecular weight excluding hydrogens is 290 g/mol. The smallest absolute Gasteiger partial charge is 0.267 e. The van der Waals surface area contributed by atoms with Crippen LogP contribution in [0.4, 0.5) is 5.69 Å². The van der Waals surface area contributed by atoms with E-state index < -0.39 is 6.10 Å². The van der Waals surface area contributed by atoms with Crippen molar-refractivity contribution >= 4 is 17.4 Å². The van der Waals surface area contributed by atoms with Crippen LogP contribution in [0.15, 0.2) is 54.6 Å². The lowest BCUT2D eigenvalue weighted by atomic mass is 10.1. The van der Waals surface area contributed by atoms with Crippen molar-refractivity contribution in [3.63, 3.8) is 0 Å². The number of Topliss-reactive ketones (excluding diaryl/α,β-unsaturated/α-hetero) is 1. The van der Waals surface area contributed by atoms with Crippen LogP contribution in [0.2, 0.25) is 0 Å². The van der Waals surface area contributed by atoms with Crippen molar-refractivity contribution in [1.82, 2.24) is 0 Å². The molecule has 4 heteroatoms. The van der Waals surface area contributed by atoms with E-state index >= 15 is 0 Å². The van der Waals surface area contributed by atoms with Gasteiger partial charge >= 0.3 is 0 Å². The van der Waals surface area contributed by atoms with Crippen LogP contribution in [-0.2, 0) is 4.79 Å². The second-order valence-corrected chi connectivity index (χ2v) is 5.26. The molecule has 120 valence electrons. The molecule has 2 rings (SSSR count). The third-order valence-electron chi connectivity index (χ3n) is 3.55. The van der Waals surface area contributed by atoms with E-state index in [2.05, 4.69) is 0 Å². The number of likely N-dealkylation sites (N-methyl/N-ethyl adjacent to an activating group) is 1. The maximum Gasteiger partial charge on any atom is 0.267 e. The molecule has 0 saturated heterocycles. The SMILES string of the molecule is CCN(C(=O)C(C)Oc1cccc(C(C)=O)c1)c1ccccc1. The van der Waals surface area contributed by atoms with Crippen molar-refractivity contribution in [1.29, 1.82) is 0 Å². The van der Waals surface area contributed by atoms with Crippen molar-refractivity contribution in [2.45, 2.75) is 26.9 Å². The number of benzene rings is 2. The number of anilines is 1. The summed E-state index contributed by atoms with van der Waals surface area (Å²) in [6.45, 7) is 5.70. The number of hydrogen-bond acceptors (Lipinski definition) is 3. The molecule has 1 atom stereocenters. The lowest BCUT2D eigenvalue weighted by Gasteiger charge is -2.25. The van der Waals surface area contributed by atoms with Crippen LogP contribution in [-0.4, -0.2) is 24.3 Å². The van der Waals surface area contributed by atoms with Gasteiger partial charge in [0, 0.05) is 17.8 Å². The zero-order valence-corrected chi connectivity index (χ0v) is 13.7. The monoisotopic (exact) mass is 311 g/mol. The van der Waals surface area contributed by atoms with Crippen molar-refractivity contribution < 1.29 is 14.3 Å². The Bertz CT molecular complexity index is 682. The summed E-state index contributed by atoms with van der Waals surface area (Å²) >= 11 is 0. The summed E-state index contributed by atoms with van der Waals surface area (Å²) in [5.41, 5.74) is 1.41. The van der Waals surface area contributed by atoms with Gasteiger partial charge in [0.1, 0.15) is 5.75 Å². The van der Waals surface area contributed by atoms with E-state index in [1.54, 1.807) is 36.1 Å². The van der Waals surface area contributed by atoms with E-state index in [4.69, 9.17) is 4.74 Å². The molecule has 0 aromatic heterocycles. The minimum atomic E-state index is -0.641. The molecule has 0 saturated carbocycles. The Balaban J connectivity index is 2.13. The number of nitrogens with zero attached hydrogens (tertiary/aromatic N) is 1. The van der Waals surface area contributed by atoms with Gasteiger partial charge in [-0.25, -0.2) is 0 Å². The minimum Gasteiger partial charge on any atom is -0.481 e. The highest BCUT2D eigenvalue weighted by atomic mass is 16.5. The molecule has 0 aliphatic rings. The lowest BCUT2D eigenvalue weighted by Crippen LogP contribution is -2.40. The van der Waals surface area contributed by atoms with Crippen LogP contribution in [0, 0.1) is 0 Å². The average molecular weight is 311 g/mol. The summed E-state index contributed by atoms with van der Waals surface area (Å²) in [6, 6.07) is 16.4. The standard InChI is InChI=1S/C19H21NO3/c1-4-20(17-10-6-5-7-11-17)19(22)15(3)23-18-12-8-9-16(13-18)14(2)21/h5-13,15H,4H2,1-3H3. The summed E-state index contributed by atoms with van der Waals surface area (Å²) < 4.78 is 5.73. The van der Waals surface area contributed by atoms with Gasteiger partial charge in [-0.05, 0) is 45.0 Å². The fourth-order valence-electron chi connectivity index (χ4n) is 2.34. The van der Waals surface area contributed by atoms with E-state index in [1.165, 1.54) is 6.92 Å². The first-order valence-electron chi connectivity index (χ1n) is 7.67. The third kappa shape index (κ3) is 4.19. The number of carbonyl (C=O) groups is 2. The third-order valence-corrected chi connectivity index (χ3v) is 3.55. The van der Waals surface area contributed by atoms with Gasteiger partial charge in [-0.3, -0.25) is 9.59 Å². The molecule has 0 spiro atoms. The molecule has 1 unspecified atom stereocenters. The van der Waals surface area contributed by atoms with Gasteiger partial charge in [-0.2, -0.15) is 0 Å². The Labute approximate surface area is 136 Å². The van der Waals surface area contributed by atoms with Gasteiger partial charge in [0.05, 0.1) is 0 Å². The molecular formula is C19H21NO3. The van der Waals surface area contributed by atoms with Crippen molar-refractivity contribution in [3.8, 4) is 5.75 Å². The first kappa shape index (κ1) is 16.7. The predicted octanol–water partition coefficient (Wildman–Crippen LogP) is 3.71. The number of ketones is 1. The maximum atomic E-state index is 12.6. The largest absolute Gasteiger partial charge is 0.481 e.